The van der Waals surface area contributed by atoms with Gasteiger partial charge in [0, 0.05) is 6.54 Å². The van der Waals surface area contributed by atoms with Crippen LogP contribution in [0.3, 0.4) is 0 Å². The monoisotopic (exact) mass is 195 g/mol. The van der Waals surface area contributed by atoms with E-state index in [0.717, 1.165) is 0 Å². The summed E-state index contributed by atoms with van der Waals surface area (Å²) < 4.78 is 18.3. The number of benzene rings is 1. The average molecular weight is 195 g/mol. The van der Waals surface area contributed by atoms with Gasteiger partial charge in [0.25, 0.3) is 0 Å². The molecule has 2 nitrogen and oxygen atoms in total. The maximum Gasteiger partial charge on any atom is 0.188 e. The third-order valence-electron chi connectivity index (χ3n) is 1.83. The lowest BCUT2D eigenvalue weighted by molar-refractivity contribution is 0.387. The van der Waals surface area contributed by atoms with Crippen molar-refractivity contribution in [2.24, 2.45) is 0 Å². The Balaban J connectivity index is 2.76. The van der Waals surface area contributed by atoms with E-state index in [1.165, 1.54) is 7.11 Å². The SMILES string of the molecule is C/C=C/CNc1cccc(OC)c1F. The van der Waals surface area contributed by atoms with Gasteiger partial charge >= 0.3 is 0 Å². The van der Waals surface area contributed by atoms with Crippen LogP contribution in [-0.2, 0) is 0 Å². The Morgan fingerprint density at radius 1 is 1.50 bits per heavy atom. The standard InChI is InChI=1S/C11H14FNO/c1-3-4-8-13-9-6-5-7-10(14-2)11(9)12/h3-7,13H,8H2,1-2H3/b4-3+. The van der Waals surface area contributed by atoms with Gasteiger partial charge in [-0.2, -0.15) is 0 Å². The van der Waals surface area contributed by atoms with Crippen LogP contribution in [0.1, 0.15) is 6.92 Å². The number of nitrogens with one attached hydrogen (secondary N) is 1. The molecule has 1 aromatic rings. The van der Waals surface area contributed by atoms with E-state index >= 15 is 0 Å². The fraction of sp³-hybridized carbons (Fsp3) is 0.273. The molecule has 76 valence electrons. The van der Waals surface area contributed by atoms with Crippen molar-refractivity contribution in [3.8, 4) is 5.75 Å². The van der Waals surface area contributed by atoms with E-state index in [-0.39, 0.29) is 11.6 Å². The van der Waals surface area contributed by atoms with Crippen molar-refractivity contribution in [3.63, 3.8) is 0 Å². The number of hydrogen-bond acceptors (Lipinski definition) is 2. The minimum atomic E-state index is -0.348. The lowest BCUT2D eigenvalue weighted by Crippen LogP contribution is -2.01. The molecule has 0 aliphatic heterocycles. The topological polar surface area (TPSA) is 21.3 Å². The third kappa shape index (κ3) is 2.49. The van der Waals surface area contributed by atoms with Gasteiger partial charge in [0.05, 0.1) is 12.8 Å². The van der Waals surface area contributed by atoms with Crippen molar-refractivity contribution in [1.82, 2.24) is 0 Å². The predicted octanol–water partition coefficient (Wildman–Crippen LogP) is 2.82. The molecule has 0 aromatic heterocycles. The molecule has 0 amide bonds. The Hall–Kier alpha value is -1.51. The maximum atomic E-state index is 13.5. The van der Waals surface area contributed by atoms with E-state index in [1.807, 2.05) is 19.1 Å². The molecule has 1 aromatic carbocycles. The van der Waals surface area contributed by atoms with Crippen LogP contribution < -0.4 is 10.1 Å². The van der Waals surface area contributed by atoms with Crippen molar-refractivity contribution in [2.75, 3.05) is 19.0 Å². The van der Waals surface area contributed by atoms with Crippen LogP contribution in [0, 0.1) is 5.82 Å². The van der Waals surface area contributed by atoms with Gasteiger partial charge in [0.2, 0.25) is 0 Å². The van der Waals surface area contributed by atoms with Gasteiger partial charge in [-0.25, -0.2) is 4.39 Å². The number of halogens is 1. The Morgan fingerprint density at radius 2 is 2.29 bits per heavy atom. The molecular formula is C11H14FNO. The zero-order chi connectivity index (χ0) is 10.4. The minimum absolute atomic E-state index is 0.260. The second-order valence-corrected chi connectivity index (χ2v) is 2.77. The lowest BCUT2D eigenvalue weighted by Gasteiger charge is -2.07. The van der Waals surface area contributed by atoms with E-state index in [4.69, 9.17) is 4.74 Å². The Kier molecular flexibility index (Phi) is 3.98. The number of methoxy groups -OCH3 is 1. The quantitative estimate of drug-likeness (QED) is 0.746. The lowest BCUT2D eigenvalue weighted by atomic mass is 10.3. The molecule has 0 aliphatic rings. The second-order valence-electron chi connectivity index (χ2n) is 2.77. The van der Waals surface area contributed by atoms with Crippen molar-refractivity contribution in [1.29, 1.82) is 0 Å². The summed E-state index contributed by atoms with van der Waals surface area (Å²) in [4.78, 5) is 0. The van der Waals surface area contributed by atoms with Crippen LogP contribution in [0.4, 0.5) is 10.1 Å². The molecule has 0 saturated carbocycles. The fourth-order valence-electron chi connectivity index (χ4n) is 1.09. The molecule has 0 radical (unpaired) electrons. The van der Waals surface area contributed by atoms with E-state index in [0.29, 0.717) is 12.2 Å². The van der Waals surface area contributed by atoms with Gasteiger partial charge in [-0.05, 0) is 19.1 Å². The smallest absolute Gasteiger partial charge is 0.188 e. The molecular weight excluding hydrogens is 181 g/mol. The third-order valence-corrected chi connectivity index (χ3v) is 1.83. The highest BCUT2D eigenvalue weighted by molar-refractivity contribution is 5.50. The summed E-state index contributed by atoms with van der Waals surface area (Å²) in [7, 11) is 1.45. The van der Waals surface area contributed by atoms with Crippen LogP contribution in [0.25, 0.3) is 0 Å². The van der Waals surface area contributed by atoms with Crippen molar-refractivity contribution >= 4 is 5.69 Å². The first-order valence-corrected chi connectivity index (χ1v) is 4.47. The summed E-state index contributed by atoms with van der Waals surface area (Å²) in [5.41, 5.74) is 0.461. The summed E-state index contributed by atoms with van der Waals surface area (Å²) in [6.07, 6.45) is 3.82. The number of ether oxygens (including phenoxy) is 1. The van der Waals surface area contributed by atoms with Crippen molar-refractivity contribution in [3.05, 3.63) is 36.2 Å². The summed E-state index contributed by atoms with van der Waals surface area (Å²) in [5, 5.41) is 2.95. The average Bonchev–Trinajstić information content (AvgIpc) is 2.21. The summed E-state index contributed by atoms with van der Waals surface area (Å²) in [6, 6.07) is 5.03. The largest absolute Gasteiger partial charge is 0.494 e. The van der Waals surface area contributed by atoms with Gasteiger partial charge in [-0.1, -0.05) is 18.2 Å². The van der Waals surface area contributed by atoms with Gasteiger partial charge in [-0.3, -0.25) is 0 Å². The van der Waals surface area contributed by atoms with Crippen LogP contribution in [0.15, 0.2) is 30.4 Å². The molecule has 0 bridgehead atoms. The van der Waals surface area contributed by atoms with Gasteiger partial charge in [-0.15, -0.1) is 0 Å². The number of allylic oxidation sites excluding steroid dienone is 1. The molecule has 14 heavy (non-hydrogen) atoms. The van der Waals surface area contributed by atoms with E-state index < -0.39 is 0 Å². The molecule has 0 fully saturated rings. The number of anilines is 1. The van der Waals surface area contributed by atoms with Crippen LogP contribution in [-0.4, -0.2) is 13.7 Å². The highest BCUT2D eigenvalue weighted by atomic mass is 19.1. The predicted molar refractivity (Wildman–Crippen MR) is 56.3 cm³/mol. The first-order chi connectivity index (χ1) is 6.79. The highest BCUT2D eigenvalue weighted by Gasteiger charge is 2.06. The number of rotatable bonds is 4. The van der Waals surface area contributed by atoms with E-state index in [2.05, 4.69) is 5.32 Å². The van der Waals surface area contributed by atoms with Crippen LogP contribution in [0.2, 0.25) is 0 Å². The Labute approximate surface area is 83.4 Å². The Morgan fingerprint density at radius 3 is 2.93 bits per heavy atom. The molecule has 1 N–H and O–H groups in total. The number of hydrogen-bond donors (Lipinski definition) is 1. The fourth-order valence-corrected chi connectivity index (χ4v) is 1.09. The highest BCUT2D eigenvalue weighted by Crippen LogP contribution is 2.23. The van der Waals surface area contributed by atoms with Crippen molar-refractivity contribution in [2.45, 2.75) is 6.92 Å². The minimum Gasteiger partial charge on any atom is -0.494 e. The summed E-state index contributed by atoms with van der Waals surface area (Å²) >= 11 is 0. The van der Waals surface area contributed by atoms with Gasteiger partial charge < -0.3 is 10.1 Å². The van der Waals surface area contributed by atoms with E-state index in [1.54, 1.807) is 18.2 Å². The van der Waals surface area contributed by atoms with E-state index in [9.17, 15) is 4.39 Å². The van der Waals surface area contributed by atoms with Crippen molar-refractivity contribution < 1.29 is 9.13 Å². The van der Waals surface area contributed by atoms with Crippen LogP contribution in [0.5, 0.6) is 5.75 Å². The normalized spacial score (nSPS) is 10.5. The Bertz CT molecular complexity index is 323. The van der Waals surface area contributed by atoms with Crippen LogP contribution >= 0.6 is 0 Å². The molecule has 0 spiro atoms. The molecule has 0 saturated heterocycles. The molecule has 1 rings (SSSR count). The summed E-state index contributed by atoms with van der Waals surface area (Å²) in [5.74, 6) is -0.0880. The molecule has 0 unspecified atom stereocenters. The van der Waals surface area contributed by atoms with Gasteiger partial charge in [0.1, 0.15) is 0 Å². The first-order valence-electron chi connectivity index (χ1n) is 4.47. The maximum absolute atomic E-state index is 13.5. The molecule has 0 atom stereocenters. The summed E-state index contributed by atoms with van der Waals surface area (Å²) in [6.45, 7) is 2.53. The van der Waals surface area contributed by atoms with Gasteiger partial charge in [0.15, 0.2) is 11.6 Å². The second kappa shape index (κ2) is 5.27. The zero-order valence-electron chi connectivity index (χ0n) is 8.38. The first kappa shape index (κ1) is 10.6. The zero-order valence-corrected chi connectivity index (χ0v) is 8.38. The molecule has 0 aliphatic carbocycles. The molecule has 0 heterocycles. The molecule has 3 heteroatoms.